The van der Waals surface area contributed by atoms with Gasteiger partial charge in [0.2, 0.25) is 5.91 Å². The van der Waals surface area contributed by atoms with Crippen LogP contribution in [0.5, 0.6) is 0 Å². The molecule has 0 saturated carbocycles. The summed E-state index contributed by atoms with van der Waals surface area (Å²) in [6, 6.07) is 0. The number of carbonyl (C=O) groups is 2. The number of esters is 1. The highest BCUT2D eigenvalue weighted by Gasteiger charge is 2.10. The first kappa shape index (κ1) is 10.8. The van der Waals surface area contributed by atoms with Gasteiger partial charge in [0.1, 0.15) is 0 Å². The number of rotatable bonds is 3. The van der Waals surface area contributed by atoms with Gasteiger partial charge in [0, 0.05) is 13.1 Å². The van der Waals surface area contributed by atoms with Crippen LogP contribution in [0.3, 0.4) is 0 Å². The second kappa shape index (κ2) is 5.46. The summed E-state index contributed by atoms with van der Waals surface area (Å²) in [5.41, 5.74) is 0. The van der Waals surface area contributed by atoms with E-state index in [0.717, 1.165) is 0 Å². The number of aliphatic imine (C=N–C) groups is 1. The second-order valence-electron chi connectivity index (χ2n) is 2.34. The first-order valence-electron chi connectivity index (χ1n) is 3.79. The Morgan fingerprint density at radius 1 is 1.58 bits per heavy atom. The van der Waals surface area contributed by atoms with Crippen molar-refractivity contribution in [1.82, 2.24) is 0 Å². The molecule has 0 aromatic heterocycles. The SMILES string of the molecule is CCOC(=O)C(C)C=NC(C)=O. The maximum atomic E-state index is 10.9. The molecule has 0 bridgehead atoms. The molecule has 1 unspecified atom stereocenters. The predicted molar refractivity (Wildman–Crippen MR) is 45.0 cm³/mol. The Morgan fingerprint density at radius 2 is 2.17 bits per heavy atom. The molecule has 0 fully saturated rings. The van der Waals surface area contributed by atoms with Crippen LogP contribution in [0.1, 0.15) is 20.8 Å². The quantitative estimate of drug-likeness (QED) is 0.466. The number of ether oxygens (including phenoxy) is 1. The van der Waals surface area contributed by atoms with Crippen molar-refractivity contribution >= 4 is 18.1 Å². The molecule has 0 saturated heterocycles. The van der Waals surface area contributed by atoms with E-state index in [-0.39, 0.29) is 11.9 Å². The molecule has 0 aliphatic rings. The molecular formula is C8H13NO3. The van der Waals surface area contributed by atoms with E-state index in [2.05, 4.69) is 4.99 Å². The lowest BCUT2D eigenvalue weighted by Gasteiger charge is -2.03. The van der Waals surface area contributed by atoms with E-state index in [1.165, 1.54) is 13.1 Å². The Kier molecular flexibility index (Phi) is 4.92. The summed E-state index contributed by atoms with van der Waals surface area (Å²) in [6.45, 7) is 5.03. The van der Waals surface area contributed by atoms with Gasteiger partial charge in [-0.2, -0.15) is 0 Å². The fraction of sp³-hybridized carbons (Fsp3) is 0.625. The van der Waals surface area contributed by atoms with E-state index < -0.39 is 5.92 Å². The fourth-order valence-corrected chi connectivity index (χ4v) is 0.551. The Balaban J connectivity index is 3.94. The highest BCUT2D eigenvalue weighted by atomic mass is 16.5. The lowest BCUT2D eigenvalue weighted by molar-refractivity contribution is -0.144. The van der Waals surface area contributed by atoms with Gasteiger partial charge in [-0.3, -0.25) is 9.59 Å². The first-order chi connectivity index (χ1) is 5.57. The lowest BCUT2D eigenvalue weighted by atomic mass is 10.2. The van der Waals surface area contributed by atoms with Gasteiger partial charge in [0.05, 0.1) is 12.5 Å². The van der Waals surface area contributed by atoms with Crippen LogP contribution in [0.25, 0.3) is 0 Å². The van der Waals surface area contributed by atoms with Crippen molar-refractivity contribution in [3.8, 4) is 0 Å². The number of hydrogen-bond donors (Lipinski definition) is 0. The van der Waals surface area contributed by atoms with Crippen LogP contribution in [-0.4, -0.2) is 24.7 Å². The summed E-state index contributed by atoms with van der Waals surface area (Å²) >= 11 is 0. The van der Waals surface area contributed by atoms with E-state index in [9.17, 15) is 9.59 Å². The van der Waals surface area contributed by atoms with Crippen molar-refractivity contribution < 1.29 is 14.3 Å². The third-order valence-electron chi connectivity index (χ3n) is 1.14. The zero-order valence-electron chi connectivity index (χ0n) is 7.53. The van der Waals surface area contributed by atoms with E-state index >= 15 is 0 Å². The molecule has 0 aliphatic heterocycles. The minimum absolute atomic E-state index is 0.314. The van der Waals surface area contributed by atoms with Gasteiger partial charge < -0.3 is 4.74 Å². The number of nitrogens with zero attached hydrogens (tertiary/aromatic N) is 1. The molecule has 0 N–H and O–H groups in total. The van der Waals surface area contributed by atoms with Crippen LogP contribution in [-0.2, 0) is 14.3 Å². The second-order valence-corrected chi connectivity index (χ2v) is 2.34. The Labute approximate surface area is 71.6 Å². The van der Waals surface area contributed by atoms with Crippen molar-refractivity contribution in [2.75, 3.05) is 6.61 Å². The average Bonchev–Trinajstić information content (AvgIpc) is 2.00. The molecule has 1 atom stereocenters. The van der Waals surface area contributed by atoms with E-state index in [1.54, 1.807) is 13.8 Å². The topological polar surface area (TPSA) is 55.7 Å². The van der Waals surface area contributed by atoms with Crippen molar-refractivity contribution in [3.05, 3.63) is 0 Å². The molecule has 0 heterocycles. The van der Waals surface area contributed by atoms with Crippen LogP contribution in [0.2, 0.25) is 0 Å². The minimum Gasteiger partial charge on any atom is -0.466 e. The molecule has 0 aromatic carbocycles. The van der Waals surface area contributed by atoms with Crippen molar-refractivity contribution in [2.24, 2.45) is 10.9 Å². The van der Waals surface area contributed by atoms with Gasteiger partial charge in [-0.05, 0) is 13.8 Å². The Hall–Kier alpha value is -1.19. The molecule has 4 heteroatoms. The number of carbonyl (C=O) groups excluding carboxylic acids is 2. The minimum atomic E-state index is -0.450. The highest BCUT2D eigenvalue weighted by molar-refractivity contribution is 5.94. The van der Waals surface area contributed by atoms with Gasteiger partial charge in [-0.15, -0.1) is 0 Å². The maximum absolute atomic E-state index is 10.9. The van der Waals surface area contributed by atoms with E-state index in [0.29, 0.717) is 6.61 Å². The predicted octanol–water partition coefficient (Wildman–Crippen LogP) is 0.803. The normalized spacial score (nSPS) is 12.9. The molecule has 0 radical (unpaired) electrons. The lowest BCUT2D eigenvalue weighted by Crippen LogP contribution is -2.16. The summed E-state index contributed by atoms with van der Waals surface area (Å²) in [5.74, 6) is -1.12. The summed E-state index contributed by atoms with van der Waals surface area (Å²) < 4.78 is 4.69. The van der Waals surface area contributed by atoms with E-state index in [4.69, 9.17) is 4.74 Å². The van der Waals surface area contributed by atoms with Crippen LogP contribution < -0.4 is 0 Å². The third kappa shape index (κ3) is 4.60. The maximum Gasteiger partial charge on any atom is 0.314 e. The van der Waals surface area contributed by atoms with Crippen molar-refractivity contribution in [2.45, 2.75) is 20.8 Å². The molecule has 12 heavy (non-hydrogen) atoms. The standard InChI is InChI=1S/C8H13NO3/c1-4-12-8(11)6(2)5-9-7(3)10/h5-6H,4H2,1-3H3. The fourth-order valence-electron chi connectivity index (χ4n) is 0.551. The zero-order chi connectivity index (χ0) is 9.56. The Bertz CT molecular complexity index is 198. The molecular weight excluding hydrogens is 158 g/mol. The molecule has 0 aliphatic carbocycles. The summed E-state index contributed by atoms with van der Waals surface area (Å²) in [5, 5.41) is 0. The summed E-state index contributed by atoms with van der Waals surface area (Å²) in [7, 11) is 0. The first-order valence-corrected chi connectivity index (χ1v) is 3.79. The summed E-state index contributed by atoms with van der Waals surface area (Å²) in [4.78, 5) is 24.8. The van der Waals surface area contributed by atoms with Crippen molar-refractivity contribution in [3.63, 3.8) is 0 Å². The molecule has 68 valence electrons. The average molecular weight is 171 g/mol. The zero-order valence-corrected chi connectivity index (χ0v) is 7.53. The number of amides is 1. The van der Waals surface area contributed by atoms with Crippen LogP contribution in [0.4, 0.5) is 0 Å². The van der Waals surface area contributed by atoms with Crippen LogP contribution >= 0.6 is 0 Å². The molecule has 0 rings (SSSR count). The van der Waals surface area contributed by atoms with Gasteiger partial charge in [0.15, 0.2) is 0 Å². The van der Waals surface area contributed by atoms with Gasteiger partial charge in [-0.25, -0.2) is 4.99 Å². The van der Waals surface area contributed by atoms with Crippen LogP contribution in [0.15, 0.2) is 4.99 Å². The van der Waals surface area contributed by atoms with Gasteiger partial charge in [0.25, 0.3) is 0 Å². The highest BCUT2D eigenvalue weighted by Crippen LogP contribution is 1.94. The Morgan fingerprint density at radius 3 is 2.58 bits per heavy atom. The molecule has 0 spiro atoms. The summed E-state index contributed by atoms with van der Waals surface area (Å²) in [6.07, 6.45) is 1.29. The van der Waals surface area contributed by atoms with Gasteiger partial charge in [-0.1, -0.05) is 0 Å². The monoisotopic (exact) mass is 171 g/mol. The number of hydrogen-bond acceptors (Lipinski definition) is 3. The largest absolute Gasteiger partial charge is 0.466 e. The third-order valence-corrected chi connectivity index (χ3v) is 1.14. The van der Waals surface area contributed by atoms with Gasteiger partial charge >= 0.3 is 5.97 Å². The molecule has 4 nitrogen and oxygen atoms in total. The van der Waals surface area contributed by atoms with E-state index in [1.807, 2.05) is 0 Å². The van der Waals surface area contributed by atoms with Crippen molar-refractivity contribution in [1.29, 1.82) is 0 Å². The van der Waals surface area contributed by atoms with Crippen LogP contribution in [0, 0.1) is 5.92 Å². The molecule has 0 aromatic rings. The molecule has 1 amide bonds. The smallest absolute Gasteiger partial charge is 0.314 e.